The number of aliphatic hydroxyl groups is 1. The van der Waals surface area contributed by atoms with Crippen molar-refractivity contribution in [2.75, 3.05) is 13.7 Å². The summed E-state index contributed by atoms with van der Waals surface area (Å²) in [6.45, 7) is 3.13. The Kier molecular flexibility index (Phi) is 8.32. The molecule has 0 atom stereocenters. The first kappa shape index (κ1) is 25.3. The molecule has 1 aromatic rings. The quantitative estimate of drug-likeness (QED) is 0.253. The lowest BCUT2D eigenvalue weighted by Crippen LogP contribution is -2.03. The number of nitrogens with zero attached hydrogens (tertiary/aromatic N) is 4. The van der Waals surface area contributed by atoms with Crippen LogP contribution in [-0.2, 0) is 25.0 Å². The van der Waals surface area contributed by atoms with E-state index in [1.54, 1.807) is 6.92 Å². The van der Waals surface area contributed by atoms with Crippen molar-refractivity contribution >= 4 is 31.6 Å². The van der Waals surface area contributed by atoms with Crippen molar-refractivity contribution in [3.05, 3.63) is 34.2 Å². The maximum absolute atomic E-state index is 11.7. The summed E-state index contributed by atoms with van der Waals surface area (Å²) in [5.74, 6) is -0.258. The summed E-state index contributed by atoms with van der Waals surface area (Å²) in [5, 5.41) is 33.6. The van der Waals surface area contributed by atoms with Crippen LogP contribution in [0.5, 0.6) is 5.75 Å². The normalized spacial score (nSPS) is 14.8. The third-order valence-corrected chi connectivity index (χ3v) is 5.57. The first-order valence-electron chi connectivity index (χ1n) is 7.89. The van der Waals surface area contributed by atoms with Crippen LogP contribution in [0.3, 0.4) is 0 Å². The van der Waals surface area contributed by atoms with E-state index in [0.29, 0.717) is 17.5 Å². The van der Waals surface area contributed by atoms with Crippen LogP contribution in [0.4, 0.5) is 11.4 Å². The van der Waals surface area contributed by atoms with Gasteiger partial charge in [0, 0.05) is 6.07 Å². The van der Waals surface area contributed by atoms with Gasteiger partial charge in [-0.25, -0.2) is 0 Å². The Bertz CT molecular complexity index is 1150. The van der Waals surface area contributed by atoms with Gasteiger partial charge in [0.2, 0.25) is 0 Å². The van der Waals surface area contributed by atoms with Gasteiger partial charge in [0.1, 0.15) is 33.5 Å². The number of methoxy groups -OCH3 is 1. The van der Waals surface area contributed by atoms with Crippen molar-refractivity contribution < 1.29 is 40.9 Å². The van der Waals surface area contributed by atoms with E-state index < -0.39 is 59.5 Å². The Hall–Kier alpha value is -2.72. The minimum atomic E-state index is -4.84. The SMILES string of the molecule is CO/C(C)=C(/C)N=Nc1cc(O)c(N=N/C(CO)=C(/C)S(=O)(=O)O)cc1S(=O)(=O)O. The number of phenolic OH excluding ortho intramolecular Hbond substituents is 1. The zero-order chi connectivity index (χ0) is 23.3. The predicted molar refractivity (Wildman–Crippen MR) is 104 cm³/mol. The number of azo groups is 2. The summed E-state index contributed by atoms with van der Waals surface area (Å²) in [7, 11) is -8.12. The molecule has 0 amide bonds. The lowest BCUT2D eigenvalue weighted by molar-refractivity contribution is 0.288. The molecular weight excluding hydrogens is 444 g/mol. The molecule has 0 heterocycles. The van der Waals surface area contributed by atoms with Crippen molar-refractivity contribution in [1.29, 1.82) is 0 Å². The summed E-state index contributed by atoms with van der Waals surface area (Å²) in [6, 6.07) is 1.54. The first-order chi connectivity index (χ1) is 13.7. The third-order valence-electron chi connectivity index (χ3n) is 3.68. The summed E-state index contributed by atoms with van der Waals surface area (Å²) >= 11 is 0. The highest BCUT2D eigenvalue weighted by molar-refractivity contribution is 7.89. The van der Waals surface area contributed by atoms with Gasteiger partial charge in [0.05, 0.1) is 24.3 Å². The number of allylic oxidation sites excluding steroid dienone is 3. The van der Waals surface area contributed by atoms with E-state index in [1.807, 2.05) is 0 Å². The van der Waals surface area contributed by atoms with Crippen LogP contribution < -0.4 is 0 Å². The molecule has 13 nitrogen and oxygen atoms in total. The van der Waals surface area contributed by atoms with Gasteiger partial charge in [0.15, 0.2) is 0 Å². The summed E-state index contributed by atoms with van der Waals surface area (Å²) in [6.07, 6.45) is 0. The zero-order valence-corrected chi connectivity index (χ0v) is 17.9. The highest BCUT2D eigenvalue weighted by Crippen LogP contribution is 2.37. The summed E-state index contributed by atoms with van der Waals surface area (Å²) < 4.78 is 69.0. The Morgan fingerprint density at radius 2 is 1.57 bits per heavy atom. The van der Waals surface area contributed by atoms with E-state index in [9.17, 15) is 31.6 Å². The third kappa shape index (κ3) is 6.67. The van der Waals surface area contributed by atoms with Gasteiger partial charge in [-0.1, -0.05) is 0 Å². The fourth-order valence-corrected chi connectivity index (χ4v) is 2.76. The molecule has 1 rings (SSSR count). The fourth-order valence-electron chi connectivity index (χ4n) is 1.73. The lowest BCUT2D eigenvalue weighted by atomic mass is 10.2. The number of hydrogen-bond donors (Lipinski definition) is 4. The van der Waals surface area contributed by atoms with Gasteiger partial charge in [-0.15, -0.1) is 10.2 Å². The molecule has 0 bridgehead atoms. The second-order valence-corrected chi connectivity index (χ2v) is 8.62. The smallest absolute Gasteiger partial charge is 0.296 e. The van der Waals surface area contributed by atoms with Crippen LogP contribution in [0.1, 0.15) is 20.8 Å². The average molecular weight is 464 g/mol. The van der Waals surface area contributed by atoms with Gasteiger partial charge >= 0.3 is 0 Å². The Labute approximate surface area is 172 Å². The second-order valence-electron chi connectivity index (χ2n) is 5.67. The molecule has 0 radical (unpaired) electrons. The highest BCUT2D eigenvalue weighted by Gasteiger charge is 2.20. The Morgan fingerprint density at radius 1 is 1.00 bits per heavy atom. The molecule has 0 saturated heterocycles. The maximum atomic E-state index is 11.7. The van der Waals surface area contributed by atoms with Crippen molar-refractivity contribution in [2.45, 2.75) is 25.7 Å². The average Bonchev–Trinajstić information content (AvgIpc) is 2.64. The number of benzene rings is 1. The van der Waals surface area contributed by atoms with E-state index >= 15 is 0 Å². The molecule has 0 aliphatic rings. The molecule has 166 valence electrons. The van der Waals surface area contributed by atoms with Crippen LogP contribution in [0.15, 0.2) is 59.5 Å². The molecule has 0 aliphatic heterocycles. The Balaban J connectivity index is 3.59. The van der Waals surface area contributed by atoms with Crippen molar-refractivity contribution in [1.82, 2.24) is 0 Å². The molecule has 1 aromatic carbocycles. The summed E-state index contributed by atoms with van der Waals surface area (Å²) in [5.41, 5.74) is -1.20. The van der Waals surface area contributed by atoms with Crippen molar-refractivity contribution in [2.24, 2.45) is 20.5 Å². The number of aromatic hydroxyl groups is 1. The summed E-state index contributed by atoms with van der Waals surface area (Å²) in [4.78, 5) is -1.48. The van der Waals surface area contributed by atoms with Crippen LogP contribution in [0.25, 0.3) is 0 Å². The monoisotopic (exact) mass is 464 g/mol. The zero-order valence-electron chi connectivity index (χ0n) is 16.3. The molecule has 0 fully saturated rings. The van der Waals surface area contributed by atoms with E-state index in [1.165, 1.54) is 14.0 Å². The number of phenols is 1. The minimum Gasteiger partial charge on any atom is -0.506 e. The number of aliphatic hydroxyl groups excluding tert-OH is 1. The molecule has 0 aliphatic carbocycles. The molecular formula is C15H20N4O9S2. The lowest BCUT2D eigenvalue weighted by Gasteiger charge is -2.06. The van der Waals surface area contributed by atoms with Crippen LogP contribution in [0, 0.1) is 0 Å². The van der Waals surface area contributed by atoms with Gasteiger partial charge in [-0.05, 0) is 26.8 Å². The van der Waals surface area contributed by atoms with Crippen molar-refractivity contribution in [3.8, 4) is 5.75 Å². The van der Waals surface area contributed by atoms with Crippen molar-refractivity contribution in [3.63, 3.8) is 0 Å². The molecule has 0 spiro atoms. The molecule has 30 heavy (non-hydrogen) atoms. The van der Waals surface area contributed by atoms with Gasteiger partial charge in [0.25, 0.3) is 20.2 Å². The minimum absolute atomic E-state index is 0.292. The highest BCUT2D eigenvalue weighted by atomic mass is 32.2. The van der Waals surface area contributed by atoms with Crippen LogP contribution in [0.2, 0.25) is 0 Å². The molecule has 0 aromatic heterocycles. The maximum Gasteiger partial charge on any atom is 0.296 e. The van der Waals surface area contributed by atoms with E-state index in [-0.39, 0.29) is 0 Å². The molecule has 15 heteroatoms. The second kappa shape index (κ2) is 9.86. The number of hydrogen-bond acceptors (Lipinski definition) is 11. The van der Waals surface area contributed by atoms with Crippen LogP contribution >= 0.6 is 0 Å². The van der Waals surface area contributed by atoms with E-state index in [0.717, 1.165) is 13.0 Å². The molecule has 4 N–H and O–H groups in total. The standard InChI is InChI=1S/C15H20N4O9S2/c1-8(9(2)28-4)16-18-12-5-14(21)11(6-15(12)30(25,26)27)17-19-13(7-20)10(3)29(22,23)24/h5-6,20-21H,7H2,1-4H3,(H,22,23,24)(H,25,26,27)/b9-8-,13-10-,18-16?,19-17?. The van der Waals surface area contributed by atoms with Gasteiger partial charge in [-0.3, -0.25) is 9.11 Å². The van der Waals surface area contributed by atoms with Gasteiger partial charge < -0.3 is 14.9 Å². The topological polar surface area (TPSA) is 208 Å². The first-order valence-corrected chi connectivity index (χ1v) is 10.8. The fraction of sp³-hybridized carbons (Fsp3) is 0.333. The predicted octanol–water partition coefficient (Wildman–Crippen LogP) is 2.82. The van der Waals surface area contributed by atoms with E-state index in [4.69, 9.17) is 9.29 Å². The Morgan fingerprint density at radius 3 is 2.03 bits per heavy atom. The van der Waals surface area contributed by atoms with E-state index in [2.05, 4.69) is 20.5 Å². The van der Waals surface area contributed by atoms with Gasteiger partial charge in [-0.2, -0.15) is 27.1 Å². The number of rotatable bonds is 8. The molecule has 0 saturated carbocycles. The number of ether oxygens (including phenoxy) is 1. The largest absolute Gasteiger partial charge is 0.506 e. The molecule has 0 unspecified atom stereocenters. The van der Waals surface area contributed by atoms with Crippen LogP contribution in [-0.4, -0.2) is 49.9 Å².